The molecule has 1 aromatic heterocycles. The molecule has 110 valence electrons. The molecule has 2 rings (SSSR count). The van der Waals surface area contributed by atoms with Crippen LogP contribution >= 0.6 is 0 Å². The van der Waals surface area contributed by atoms with E-state index in [2.05, 4.69) is 5.16 Å². The maximum Gasteiger partial charge on any atom is 0.311 e. The van der Waals surface area contributed by atoms with Crippen LogP contribution in [-0.4, -0.2) is 52.8 Å². The van der Waals surface area contributed by atoms with Gasteiger partial charge in [0, 0.05) is 12.6 Å². The molecule has 1 aliphatic rings. The Labute approximate surface area is 116 Å². The van der Waals surface area contributed by atoms with Crippen molar-refractivity contribution < 1.29 is 24.0 Å². The van der Waals surface area contributed by atoms with Gasteiger partial charge in [-0.05, 0) is 13.3 Å². The molecular formula is C13H18N2O5. The number of carbonyl (C=O) groups excluding carboxylic acids is 1. The van der Waals surface area contributed by atoms with Gasteiger partial charge in [-0.3, -0.25) is 9.59 Å². The van der Waals surface area contributed by atoms with Crippen LogP contribution in [0.3, 0.4) is 0 Å². The summed E-state index contributed by atoms with van der Waals surface area (Å²) in [5.41, 5.74) is 0.201. The molecule has 0 aliphatic carbocycles. The zero-order valence-electron chi connectivity index (χ0n) is 11.5. The van der Waals surface area contributed by atoms with E-state index in [1.807, 2.05) is 6.92 Å². The Morgan fingerprint density at radius 1 is 1.50 bits per heavy atom. The van der Waals surface area contributed by atoms with Crippen molar-refractivity contribution in [1.29, 1.82) is 0 Å². The third kappa shape index (κ3) is 2.82. The van der Waals surface area contributed by atoms with Crippen LogP contribution in [0, 0.1) is 12.8 Å². The van der Waals surface area contributed by atoms with E-state index in [1.165, 1.54) is 4.90 Å². The smallest absolute Gasteiger partial charge is 0.311 e. The highest BCUT2D eigenvalue weighted by atomic mass is 16.5. The molecule has 2 atom stereocenters. The quantitative estimate of drug-likeness (QED) is 0.863. The van der Waals surface area contributed by atoms with E-state index >= 15 is 0 Å². The Bertz CT molecular complexity index is 499. The van der Waals surface area contributed by atoms with Crippen molar-refractivity contribution in [3.63, 3.8) is 0 Å². The van der Waals surface area contributed by atoms with Gasteiger partial charge in [0.05, 0.1) is 19.3 Å². The molecule has 0 radical (unpaired) electrons. The highest BCUT2D eigenvalue weighted by molar-refractivity contribution is 5.93. The van der Waals surface area contributed by atoms with Crippen LogP contribution in [0.25, 0.3) is 0 Å². The number of amides is 1. The number of rotatable bonds is 5. The first-order valence-corrected chi connectivity index (χ1v) is 6.59. The Hall–Kier alpha value is -1.89. The molecule has 0 spiro atoms. The Balaban J connectivity index is 2.22. The fraction of sp³-hybridized carbons (Fsp3) is 0.615. The van der Waals surface area contributed by atoms with Gasteiger partial charge in [-0.15, -0.1) is 0 Å². The summed E-state index contributed by atoms with van der Waals surface area (Å²) >= 11 is 0. The van der Waals surface area contributed by atoms with E-state index in [-0.39, 0.29) is 24.8 Å². The summed E-state index contributed by atoms with van der Waals surface area (Å²) in [7, 11) is 0. The molecule has 1 aliphatic heterocycles. The summed E-state index contributed by atoms with van der Waals surface area (Å²) in [6.07, 6.45) is 0.728. The highest BCUT2D eigenvalue weighted by Gasteiger charge is 2.40. The first kappa shape index (κ1) is 14.5. The lowest BCUT2D eigenvalue weighted by Crippen LogP contribution is -2.47. The van der Waals surface area contributed by atoms with Gasteiger partial charge < -0.3 is 19.3 Å². The molecule has 7 heteroatoms. The maximum atomic E-state index is 12.5. The van der Waals surface area contributed by atoms with Crippen molar-refractivity contribution in [2.45, 2.75) is 26.3 Å². The maximum absolute atomic E-state index is 12.5. The number of carboxylic acids is 1. The van der Waals surface area contributed by atoms with Crippen molar-refractivity contribution in [3.05, 3.63) is 17.5 Å². The lowest BCUT2D eigenvalue weighted by molar-refractivity contribution is -0.142. The average molecular weight is 282 g/mol. The van der Waals surface area contributed by atoms with Gasteiger partial charge >= 0.3 is 5.97 Å². The summed E-state index contributed by atoms with van der Waals surface area (Å²) < 4.78 is 10.1. The van der Waals surface area contributed by atoms with Crippen molar-refractivity contribution >= 4 is 11.9 Å². The SMILES string of the molecule is CCCN(C(=O)c1cc(C)on1)C1COCC1C(=O)O. The molecule has 20 heavy (non-hydrogen) atoms. The number of ether oxygens (including phenoxy) is 1. The summed E-state index contributed by atoms with van der Waals surface area (Å²) in [6.45, 7) is 4.46. The molecule has 2 heterocycles. The van der Waals surface area contributed by atoms with Crippen LogP contribution in [0.5, 0.6) is 0 Å². The molecule has 1 N–H and O–H groups in total. The molecule has 0 saturated carbocycles. The number of carbonyl (C=O) groups is 2. The second-order valence-corrected chi connectivity index (χ2v) is 4.87. The lowest BCUT2D eigenvalue weighted by atomic mass is 10.0. The topological polar surface area (TPSA) is 92.9 Å². The van der Waals surface area contributed by atoms with E-state index in [9.17, 15) is 14.7 Å². The standard InChI is InChI=1S/C13H18N2O5/c1-3-4-15(11-7-19-6-9(11)13(17)18)12(16)10-5-8(2)20-14-10/h5,9,11H,3-4,6-7H2,1-2H3,(H,17,18). The lowest BCUT2D eigenvalue weighted by Gasteiger charge is -2.29. The minimum absolute atomic E-state index is 0.130. The predicted octanol–water partition coefficient (Wildman–Crippen LogP) is 0.935. The van der Waals surface area contributed by atoms with E-state index in [1.54, 1.807) is 13.0 Å². The number of hydrogen-bond donors (Lipinski definition) is 1. The molecule has 1 amide bonds. The Morgan fingerprint density at radius 2 is 2.25 bits per heavy atom. The first-order chi connectivity index (χ1) is 9.54. The molecule has 0 bridgehead atoms. The number of aromatic nitrogens is 1. The predicted molar refractivity (Wildman–Crippen MR) is 68.3 cm³/mol. The van der Waals surface area contributed by atoms with Gasteiger partial charge in [-0.1, -0.05) is 12.1 Å². The fourth-order valence-corrected chi connectivity index (χ4v) is 2.36. The van der Waals surface area contributed by atoms with E-state index in [4.69, 9.17) is 9.26 Å². The fourth-order valence-electron chi connectivity index (χ4n) is 2.36. The van der Waals surface area contributed by atoms with Gasteiger partial charge in [0.15, 0.2) is 5.69 Å². The third-order valence-electron chi connectivity index (χ3n) is 3.34. The summed E-state index contributed by atoms with van der Waals surface area (Å²) in [5, 5.41) is 12.9. The number of hydrogen-bond acceptors (Lipinski definition) is 5. The minimum atomic E-state index is -0.947. The van der Waals surface area contributed by atoms with E-state index < -0.39 is 17.9 Å². The second-order valence-electron chi connectivity index (χ2n) is 4.87. The van der Waals surface area contributed by atoms with Gasteiger partial charge in [0.2, 0.25) is 0 Å². The minimum Gasteiger partial charge on any atom is -0.481 e. The number of carboxylic acid groups (broad SMARTS) is 1. The van der Waals surface area contributed by atoms with Crippen LogP contribution in [0.4, 0.5) is 0 Å². The highest BCUT2D eigenvalue weighted by Crippen LogP contribution is 2.22. The van der Waals surface area contributed by atoms with Gasteiger partial charge in [0.25, 0.3) is 5.91 Å². The third-order valence-corrected chi connectivity index (χ3v) is 3.34. The van der Waals surface area contributed by atoms with Crippen molar-refractivity contribution in [1.82, 2.24) is 10.1 Å². The average Bonchev–Trinajstić information content (AvgIpc) is 3.03. The zero-order valence-corrected chi connectivity index (χ0v) is 11.5. The van der Waals surface area contributed by atoms with Crippen LogP contribution in [0.1, 0.15) is 29.6 Å². The van der Waals surface area contributed by atoms with E-state index in [0.717, 1.165) is 6.42 Å². The van der Waals surface area contributed by atoms with Gasteiger partial charge in [0.1, 0.15) is 11.7 Å². The monoisotopic (exact) mass is 282 g/mol. The molecular weight excluding hydrogens is 264 g/mol. The van der Waals surface area contributed by atoms with Crippen LogP contribution < -0.4 is 0 Å². The normalized spacial score (nSPS) is 21.9. The number of nitrogens with zero attached hydrogens (tertiary/aromatic N) is 2. The Kier molecular flexibility index (Phi) is 4.39. The molecule has 1 fully saturated rings. The molecule has 2 unspecified atom stereocenters. The van der Waals surface area contributed by atoms with Gasteiger partial charge in [-0.25, -0.2) is 0 Å². The molecule has 0 aromatic carbocycles. The number of aryl methyl sites for hydroxylation is 1. The second kappa shape index (κ2) is 6.04. The summed E-state index contributed by atoms with van der Waals surface area (Å²) in [6, 6.07) is 1.09. The first-order valence-electron chi connectivity index (χ1n) is 6.59. The van der Waals surface area contributed by atoms with Crippen LogP contribution in [0.2, 0.25) is 0 Å². The Morgan fingerprint density at radius 3 is 2.80 bits per heavy atom. The zero-order chi connectivity index (χ0) is 14.7. The van der Waals surface area contributed by atoms with Crippen LogP contribution in [0.15, 0.2) is 10.6 Å². The van der Waals surface area contributed by atoms with E-state index in [0.29, 0.717) is 12.3 Å². The summed E-state index contributed by atoms with van der Waals surface area (Å²) in [5.74, 6) is -1.41. The van der Waals surface area contributed by atoms with Crippen molar-refractivity contribution in [3.8, 4) is 0 Å². The van der Waals surface area contributed by atoms with Crippen LogP contribution in [-0.2, 0) is 9.53 Å². The van der Waals surface area contributed by atoms with Crippen molar-refractivity contribution in [2.24, 2.45) is 5.92 Å². The molecule has 7 nitrogen and oxygen atoms in total. The number of aliphatic carboxylic acids is 1. The van der Waals surface area contributed by atoms with Gasteiger partial charge in [-0.2, -0.15) is 0 Å². The summed E-state index contributed by atoms with van der Waals surface area (Å²) in [4.78, 5) is 25.2. The largest absolute Gasteiger partial charge is 0.481 e. The molecule has 1 aromatic rings. The van der Waals surface area contributed by atoms with Crippen molar-refractivity contribution in [2.75, 3.05) is 19.8 Å². The molecule has 1 saturated heterocycles.